The molecule has 0 heterocycles. The largest absolute Gasteiger partial charge is 0.497 e. The zero-order chi connectivity index (χ0) is 13.7. The van der Waals surface area contributed by atoms with E-state index < -0.39 is 0 Å². The summed E-state index contributed by atoms with van der Waals surface area (Å²) in [7, 11) is 1.69. The zero-order valence-electron chi connectivity index (χ0n) is 11.8. The topological polar surface area (TPSA) is 21.3 Å². The molecule has 0 fully saturated rings. The lowest BCUT2D eigenvalue weighted by atomic mass is 10.0. The van der Waals surface area contributed by atoms with Crippen LogP contribution in [0.1, 0.15) is 37.1 Å². The highest BCUT2D eigenvalue weighted by molar-refractivity contribution is 5.29. The van der Waals surface area contributed by atoms with Gasteiger partial charge in [-0.2, -0.15) is 0 Å². The molecular weight excluding hydrogens is 234 g/mol. The Balaban J connectivity index is 2.02. The molecule has 0 aromatic heterocycles. The lowest BCUT2D eigenvalue weighted by Crippen LogP contribution is -2.22. The number of rotatable bonds is 5. The molecule has 0 saturated heterocycles. The van der Waals surface area contributed by atoms with Crippen molar-refractivity contribution < 1.29 is 4.74 Å². The van der Waals surface area contributed by atoms with Crippen molar-refractivity contribution >= 4 is 0 Å². The third-order valence-corrected chi connectivity index (χ3v) is 3.42. The maximum atomic E-state index is 5.18. The molecule has 1 N–H and O–H groups in total. The maximum absolute atomic E-state index is 5.18. The standard InChI is InChI=1S/C17H21NO/c1-13(15-7-5-4-6-8-15)18-14(2)16-9-11-17(19-3)12-10-16/h4-14,18H,1-3H3. The molecule has 0 spiro atoms. The second kappa shape index (κ2) is 6.39. The predicted octanol–water partition coefficient (Wildman–Crippen LogP) is 4.11. The van der Waals surface area contributed by atoms with E-state index in [1.54, 1.807) is 7.11 Å². The van der Waals surface area contributed by atoms with Gasteiger partial charge in [0, 0.05) is 12.1 Å². The fraction of sp³-hybridized carbons (Fsp3) is 0.294. The average molecular weight is 255 g/mol. The van der Waals surface area contributed by atoms with Gasteiger partial charge in [0.2, 0.25) is 0 Å². The molecule has 2 aromatic rings. The van der Waals surface area contributed by atoms with Crippen molar-refractivity contribution in [1.29, 1.82) is 0 Å². The van der Waals surface area contributed by atoms with Crippen molar-refractivity contribution in [2.45, 2.75) is 25.9 Å². The Hall–Kier alpha value is -1.80. The van der Waals surface area contributed by atoms with Gasteiger partial charge in [-0.3, -0.25) is 0 Å². The van der Waals surface area contributed by atoms with E-state index in [4.69, 9.17) is 4.74 Å². The molecule has 2 nitrogen and oxygen atoms in total. The van der Waals surface area contributed by atoms with Crippen LogP contribution in [0, 0.1) is 0 Å². The Morgan fingerprint density at radius 2 is 1.32 bits per heavy atom. The van der Waals surface area contributed by atoms with E-state index in [1.165, 1.54) is 11.1 Å². The second-order valence-electron chi connectivity index (χ2n) is 4.79. The summed E-state index contributed by atoms with van der Waals surface area (Å²) < 4.78 is 5.18. The monoisotopic (exact) mass is 255 g/mol. The molecule has 0 aliphatic carbocycles. The first-order valence-electron chi connectivity index (χ1n) is 6.65. The van der Waals surface area contributed by atoms with Gasteiger partial charge in [-0.25, -0.2) is 0 Å². The van der Waals surface area contributed by atoms with E-state index in [9.17, 15) is 0 Å². The average Bonchev–Trinajstić information content (AvgIpc) is 2.48. The van der Waals surface area contributed by atoms with Crippen molar-refractivity contribution in [3.8, 4) is 5.75 Å². The fourth-order valence-corrected chi connectivity index (χ4v) is 2.20. The van der Waals surface area contributed by atoms with Crippen molar-refractivity contribution in [2.75, 3.05) is 7.11 Å². The number of ether oxygens (including phenoxy) is 1. The third kappa shape index (κ3) is 3.58. The number of benzene rings is 2. The van der Waals surface area contributed by atoms with Crippen LogP contribution in [0.2, 0.25) is 0 Å². The van der Waals surface area contributed by atoms with E-state index in [0.717, 1.165) is 5.75 Å². The summed E-state index contributed by atoms with van der Waals surface area (Å²) in [5.41, 5.74) is 2.58. The van der Waals surface area contributed by atoms with Gasteiger partial charge in [0.15, 0.2) is 0 Å². The van der Waals surface area contributed by atoms with Crippen LogP contribution in [-0.4, -0.2) is 7.11 Å². The fourth-order valence-electron chi connectivity index (χ4n) is 2.20. The van der Waals surface area contributed by atoms with Crippen LogP contribution < -0.4 is 10.1 Å². The first-order chi connectivity index (χ1) is 9.20. The van der Waals surface area contributed by atoms with Gasteiger partial charge in [0.1, 0.15) is 5.75 Å². The van der Waals surface area contributed by atoms with Gasteiger partial charge >= 0.3 is 0 Å². The SMILES string of the molecule is COc1ccc(C(C)NC(C)c2ccccc2)cc1. The van der Waals surface area contributed by atoms with Crippen molar-refractivity contribution in [1.82, 2.24) is 5.32 Å². The second-order valence-corrected chi connectivity index (χ2v) is 4.79. The summed E-state index contributed by atoms with van der Waals surface area (Å²) in [6.45, 7) is 4.37. The van der Waals surface area contributed by atoms with Gasteiger partial charge in [-0.05, 0) is 37.1 Å². The summed E-state index contributed by atoms with van der Waals surface area (Å²) >= 11 is 0. The van der Waals surface area contributed by atoms with Crippen molar-refractivity contribution in [3.63, 3.8) is 0 Å². The van der Waals surface area contributed by atoms with Crippen LogP contribution >= 0.6 is 0 Å². The molecule has 2 atom stereocenters. The molecule has 2 unspecified atom stereocenters. The molecular formula is C17H21NO. The number of nitrogens with one attached hydrogen (secondary N) is 1. The molecule has 0 aliphatic rings. The minimum Gasteiger partial charge on any atom is -0.497 e. The van der Waals surface area contributed by atoms with Crippen LogP contribution in [0.15, 0.2) is 54.6 Å². The minimum absolute atomic E-state index is 0.307. The molecule has 0 saturated carbocycles. The van der Waals surface area contributed by atoms with Gasteiger partial charge in [-0.15, -0.1) is 0 Å². The quantitative estimate of drug-likeness (QED) is 0.868. The first-order valence-corrected chi connectivity index (χ1v) is 6.65. The van der Waals surface area contributed by atoms with E-state index in [0.29, 0.717) is 12.1 Å². The summed E-state index contributed by atoms with van der Waals surface area (Å²) in [6, 6.07) is 19.3. The molecule has 0 radical (unpaired) electrons. The van der Waals surface area contributed by atoms with Crippen LogP contribution in [0.5, 0.6) is 5.75 Å². The Morgan fingerprint density at radius 3 is 1.84 bits per heavy atom. The maximum Gasteiger partial charge on any atom is 0.118 e. The first kappa shape index (κ1) is 13.6. The molecule has 2 rings (SSSR count). The highest BCUT2D eigenvalue weighted by atomic mass is 16.5. The van der Waals surface area contributed by atoms with E-state index in [-0.39, 0.29) is 0 Å². The minimum atomic E-state index is 0.307. The van der Waals surface area contributed by atoms with Gasteiger partial charge in [0.05, 0.1) is 7.11 Å². The lowest BCUT2D eigenvalue weighted by molar-refractivity contribution is 0.414. The zero-order valence-corrected chi connectivity index (χ0v) is 11.8. The van der Waals surface area contributed by atoms with E-state index in [2.05, 4.69) is 55.6 Å². The molecule has 2 heteroatoms. The molecule has 0 bridgehead atoms. The molecule has 0 amide bonds. The van der Waals surface area contributed by atoms with Crippen LogP contribution in [-0.2, 0) is 0 Å². The van der Waals surface area contributed by atoms with Gasteiger partial charge in [0.25, 0.3) is 0 Å². The van der Waals surface area contributed by atoms with Gasteiger partial charge in [-0.1, -0.05) is 42.5 Å². The predicted molar refractivity (Wildman–Crippen MR) is 79.4 cm³/mol. The summed E-state index contributed by atoms with van der Waals surface area (Å²) in [5.74, 6) is 0.895. The normalized spacial score (nSPS) is 13.8. The lowest BCUT2D eigenvalue weighted by Gasteiger charge is -2.21. The van der Waals surface area contributed by atoms with Crippen LogP contribution in [0.25, 0.3) is 0 Å². The third-order valence-electron chi connectivity index (χ3n) is 3.42. The molecule has 100 valence electrons. The highest BCUT2D eigenvalue weighted by Crippen LogP contribution is 2.21. The van der Waals surface area contributed by atoms with E-state index >= 15 is 0 Å². The van der Waals surface area contributed by atoms with E-state index in [1.807, 2.05) is 18.2 Å². The smallest absolute Gasteiger partial charge is 0.118 e. The number of hydrogen-bond donors (Lipinski definition) is 1. The van der Waals surface area contributed by atoms with Crippen LogP contribution in [0.3, 0.4) is 0 Å². The van der Waals surface area contributed by atoms with Crippen LogP contribution in [0.4, 0.5) is 0 Å². The summed E-state index contributed by atoms with van der Waals surface area (Å²) in [4.78, 5) is 0. The Bertz CT molecular complexity index is 492. The Labute approximate surface area is 115 Å². The Morgan fingerprint density at radius 1 is 0.789 bits per heavy atom. The molecule has 2 aromatic carbocycles. The summed E-state index contributed by atoms with van der Waals surface area (Å²) in [6.07, 6.45) is 0. The Kier molecular flexibility index (Phi) is 4.58. The number of hydrogen-bond acceptors (Lipinski definition) is 2. The number of methoxy groups -OCH3 is 1. The van der Waals surface area contributed by atoms with Crippen molar-refractivity contribution in [2.24, 2.45) is 0 Å². The van der Waals surface area contributed by atoms with Gasteiger partial charge < -0.3 is 10.1 Å². The van der Waals surface area contributed by atoms with Crippen molar-refractivity contribution in [3.05, 3.63) is 65.7 Å². The summed E-state index contributed by atoms with van der Waals surface area (Å²) in [5, 5.41) is 3.61. The molecule has 19 heavy (non-hydrogen) atoms. The highest BCUT2D eigenvalue weighted by Gasteiger charge is 2.10. The molecule has 0 aliphatic heterocycles.